The molecular weight excluding hydrogens is 347 g/mol. The first-order chi connectivity index (χ1) is 10.1. The van der Waals surface area contributed by atoms with E-state index in [9.17, 15) is 4.39 Å². The summed E-state index contributed by atoms with van der Waals surface area (Å²) in [5.41, 5.74) is 3.56. The van der Waals surface area contributed by atoms with Crippen molar-refractivity contribution in [2.75, 3.05) is 0 Å². The van der Waals surface area contributed by atoms with Gasteiger partial charge in [0.15, 0.2) is 0 Å². The zero-order valence-corrected chi connectivity index (χ0v) is 13.9. The first kappa shape index (κ1) is 14.5. The van der Waals surface area contributed by atoms with Crippen molar-refractivity contribution >= 4 is 27.3 Å². The number of hydrogen-bond acceptors (Lipinski definition) is 1. The van der Waals surface area contributed by atoms with Crippen molar-refractivity contribution in [2.24, 2.45) is 0 Å². The van der Waals surface area contributed by atoms with Crippen molar-refractivity contribution < 1.29 is 4.39 Å². The van der Waals surface area contributed by atoms with Gasteiger partial charge in [0.1, 0.15) is 5.82 Å². The second-order valence-corrected chi connectivity index (χ2v) is 7.01. The minimum absolute atomic E-state index is 0.192. The summed E-state index contributed by atoms with van der Waals surface area (Å²) in [4.78, 5) is 2.59. The molecule has 0 amide bonds. The van der Waals surface area contributed by atoms with Crippen LogP contribution in [-0.4, -0.2) is 0 Å². The van der Waals surface area contributed by atoms with Crippen LogP contribution in [0.1, 0.15) is 20.8 Å². The van der Waals surface area contributed by atoms with E-state index in [1.807, 2.05) is 12.1 Å². The first-order valence-corrected chi connectivity index (χ1v) is 8.43. The molecule has 0 radical (unpaired) electrons. The van der Waals surface area contributed by atoms with Crippen LogP contribution < -0.4 is 0 Å². The summed E-state index contributed by atoms with van der Waals surface area (Å²) in [5, 5.41) is 0. The molecular formula is C18H14BrFS. The highest BCUT2D eigenvalue weighted by atomic mass is 79.9. The summed E-state index contributed by atoms with van der Waals surface area (Å²) < 4.78 is 13.0. The van der Waals surface area contributed by atoms with Gasteiger partial charge in [-0.3, -0.25) is 0 Å². The zero-order valence-electron chi connectivity index (χ0n) is 11.5. The zero-order chi connectivity index (χ0) is 14.8. The Bertz CT molecular complexity index is 729. The SMILES string of the molecule is Cc1ccc(C(Br)c2ccc(-c3ccc(F)cc3)s2)cc1. The van der Waals surface area contributed by atoms with Gasteiger partial charge in [-0.05, 0) is 42.3 Å². The molecule has 0 aliphatic carbocycles. The quantitative estimate of drug-likeness (QED) is 0.477. The van der Waals surface area contributed by atoms with Gasteiger partial charge in [-0.25, -0.2) is 4.39 Å². The molecule has 0 saturated carbocycles. The molecule has 1 unspecified atom stereocenters. The van der Waals surface area contributed by atoms with Crippen molar-refractivity contribution in [2.45, 2.75) is 11.8 Å². The minimum Gasteiger partial charge on any atom is -0.207 e. The van der Waals surface area contributed by atoms with E-state index in [1.54, 1.807) is 11.3 Å². The van der Waals surface area contributed by atoms with Gasteiger partial charge in [-0.1, -0.05) is 57.9 Å². The van der Waals surface area contributed by atoms with Gasteiger partial charge in [-0.15, -0.1) is 11.3 Å². The summed E-state index contributed by atoms with van der Waals surface area (Å²) in [6.45, 7) is 2.09. The monoisotopic (exact) mass is 360 g/mol. The largest absolute Gasteiger partial charge is 0.207 e. The fourth-order valence-corrected chi connectivity index (χ4v) is 3.92. The van der Waals surface area contributed by atoms with Crippen LogP contribution in [0.5, 0.6) is 0 Å². The predicted octanol–water partition coefficient (Wildman–Crippen LogP) is 6.35. The average Bonchev–Trinajstić information content (AvgIpc) is 2.98. The van der Waals surface area contributed by atoms with Crippen LogP contribution in [0.15, 0.2) is 60.7 Å². The summed E-state index contributed by atoms with van der Waals surface area (Å²) in [6.07, 6.45) is 0. The molecule has 0 aliphatic rings. The second-order valence-electron chi connectivity index (χ2n) is 4.98. The Morgan fingerprint density at radius 2 is 1.57 bits per heavy atom. The number of hydrogen-bond donors (Lipinski definition) is 0. The molecule has 0 N–H and O–H groups in total. The number of rotatable bonds is 3. The number of aryl methyl sites for hydroxylation is 1. The van der Waals surface area contributed by atoms with E-state index in [0.717, 1.165) is 10.4 Å². The maximum Gasteiger partial charge on any atom is 0.123 e. The third-order valence-corrected chi connectivity index (χ3v) is 5.90. The normalized spacial score (nSPS) is 12.3. The summed E-state index contributed by atoms with van der Waals surface area (Å²) in [5.74, 6) is -0.200. The lowest BCUT2D eigenvalue weighted by Gasteiger charge is -2.08. The second kappa shape index (κ2) is 6.12. The van der Waals surface area contributed by atoms with Crippen LogP contribution in [-0.2, 0) is 0 Å². The number of thiophene rings is 1. The Balaban J connectivity index is 1.87. The molecule has 106 valence electrons. The van der Waals surface area contributed by atoms with Gasteiger partial charge in [0.05, 0.1) is 4.83 Å². The fraction of sp³-hybridized carbons (Fsp3) is 0.111. The maximum atomic E-state index is 13.0. The molecule has 2 aromatic carbocycles. The maximum absolute atomic E-state index is 13.0. The van der Waals surface area contributed by atoms with Crippen LogP contribution in [0.3, 0.4) is 0 Å². The van der Waals surface area contributed by atoms with Crippen molar-refractivity contribution in [3.8, 4) is 10.4 Å². The number of halogens is 2. The Hall–Kier alpha value is -1.45. The van der Waals surface area contributed by atoms with Crippen molar-refractivity contribution in [3.63, 3.8) is 0 Å². The van der Waals surface area contributed by atoms with E-state index in [0.29, 0.717) is 0 Å². The van der Waals surface area contributed by atoms with Gasteiger partial charge in [0, 0.05) is 9.75 Å². The van der Waals surface area contributed by atoms with E-state index < -0.39 is 0 Å². The lowest BCUT2D eigenvalue weighted by atomic mass is 10.1. The fourth-order valence-electron chi connectivity index (χ4n) is 2.16. The topological polar surface area (TPSA) is 0 Å². The molecule has 1 heterocycles. The van der Waals surface area contributed by atoms with Crippen LogP contribution in [0.4, 0.5) is 4.39 Å². The molecule has 1 aromatic heterocycles. The smallest absolute Gasteiger partial charge is 0.123 e. The highest BCUT2D eigenvalue weighted by molar-refractivity contribution is 9.09. The molecule has 0 nitrogen and oxygen atoms in total. The van der Waals surface area contributed by atoms with Gasteiger partial charge < -0.3 is 0 Å². The van der Waals surface area contributed by atoms with E-state index >= 15 is 0 Å². The van der Waals surface area contributed by atoms with Crippen LogP contribution >= 0.6 is 27.3 Å². The molecule has 3 rings (SSSR count). The van der Waals surface area contributed by atoms with Gasteiger partial charge in [0.25, 0.3) is 0 Å². The molecule has 0 aliphatic heterocycles. The summed E-state index contributed by atoms with van der Waals surface area (Å²) >= 11 is 5.50. The Labute approximate surface area is 136 Å². The average molecular weight is 361 g/mol. The number of benzene rings is 2. The molecule has 3 aromatic rings. The predicted molar refractivity (Wildman–Crippen MR) is 91.7 cm³/mol. The molecule has 1 atom stereocenters. The Kier molecular flexibility index (Phi) is 4.22. The van der Waals surface area contributed by atoms with E-state index in [-0.39, 0.29) is 10.6 Å². The van der Waals surface area contributed by atoms with Gasteiger partial charge in [0.2, 0.25) is 0 Å². The Morgan fingerprint density at radius 1 is 0.905 bits per heavy atom. The van der Waals surface area contributed by atoms with Crippen LogP contribution in [0.2, 0.25) is 0 Å². The summed E-state index contributed by atoms with van der Waals surface area (Å²) in [7, 11) is 0. The lowest BCUT2D eigenvalue weighted by Crippen LogP contribution is -1.88. The van der Waals surface area contributed by atoms with E-state index in [1.165, 1.54) is 28.1 Å². The molecule has 0 saturated heterocycles. The Morgan fingerprint density at radius 3 is 2.24 bits per heavy atom. The van der Waals surface area contributed by atoms with Crippen molar-refractivity contribution in [1.82, 2.24) is 0 Å². The van der Waals surface area contributed by atoms with Gasteiger partial charge in [-0.2, -0.15) is 0 Å². The number of alkyl halides is 1. The minimum atomic E-state index is -0.200. The van der Waals surface area contributed by atoms with Crippen LogP contribution in [0.25, 0.3) is 10.4 Å². The third-order valence-electron chi connectivity index (χ3n) is 3.38. The van der Waals surface area contributed by atoms with Crippen molar-refractivity contribution in [1.29, 1.82) is 0 Å². The molecule has 0 fully saturated rings. The van der Waals surface area contributed by atoms with Crippen molar-refractivity contribution in [3.05, 3.63) is 82.5 Å². The third kappa shape index (κ3) is 3.25. The molecule has 0 bridgehead atoms. The highest BCUT2D eigenvalue weighted by Crippen LogP contribution is 2.38. The van der Waals surface area contributed by atoms with Crippen LogP contribution in [0, 0.1) is 12.7 Å². The molecule has 21 heavy (non-hydrogen) atoms. The lowest BCUT2D eigenvalue weighted by molar-refractivity contribution is 0.628. The van der Waals surface area contributed by atoms with E-state index in [2.05, 4.69) is 59.3 Å². The molecule has 3 heteroatoms. The molecule has 0 spiro atoms. The van der Waals surface area contributed by atoms with Gasteiger partial charge >= 0.3 is 0 Å². The summed E-state index contributed by atoms with van der Waals surface area (Å²) in [6, 6.07) is 19.4. The van der Waals surface area contributed by atoms with E-state index in [4.69, 9.17) is 0 Å². The highest BCUT2D eigenvalue weighted by Gasteiger charge is 2.13. The standard InChI is InChI=1S/C18H14BrFS/c1-12-2-4-14(5-3-12)18(19)17-11-10-16(21-17)13-6-8-15(20)9-7-13/h2-11,18H,1H3. The first-order valence-electron chi connectivity index (χ1n) is 6.70.